The Kier molecular flexibility index (Phi) is 4.71. The molecule has 0 aliphatic rings. The maximum absolute atomic E-state index is 12.6. The molecule has 0 atom stereocenters. The number of hydrogen-bond donors (Lipinski definition) is 1. The quantitative estimate of drug-likeness (QED) is 0.765. The van der Waals surface area contributed by atoms with Gasteiger partial charge in [-0.05, 0) is 49.7 Å². The molecule has 2 aromatic heterocycles. The van der Waals surface area contributed by atoms with Crippen LogP contribution in [0.5, 0.6) is 0 Å². The number of nitrogens with zero attached hydrogens (tertiary/aromatic N) is 2. The van der Waals surface area contributed by atoms with Gasteiger partial charge in [-0.3, -0.25) is 4.79 Å². The summed E-state index contributed by atoms with van der Waals surface area (Å²) >= 11 is 0. The molecule has 0 spiro atoms. The van der Waals surface area contributed by atoms with Crippen molar-refractivity contribution in [3.05, 3.63) is 77.0 Å². The van der Waals surface area contributed by atoms with Crippen LogP contribution in [0.4, 0.5) is 5.69 Å². The molecular weight excluding hydrogens is 314 g/mol. The number of carbonyl (C=O) groups is 1. The lowest BCUT2D eigenvalue weighted by atomic mass is 10.1. The van der Waals surface area contributed by atoms with Gasteiger partial charge in [-0.15, -0.1) is 0 Å². The molecule has 2 heterocycles. The normalized spacial score (nSPS) is 10.4. The van der Waals surface area contributed by atoms with E-state index in [2.05, 4.69) is 16.0 Å². The number of rotatable bonds is 5. The molecule has 1 aromatic carbocycles. The lowest BCUT2D eigenvalue weighted by Gasteiger charge is -2.09. The summed E-state index contributed by atoms with van der Waals surface area (Å²) in [7, 11) is 0. The molecule has 126 valence electrons. The molecule has 5 nitrogen and oxygen atoms in total. The second-order valence-electron chi connectivity index (χ2n) is 5.94. The predicted molar refractivity (Wildman–Crippen MR) is 95.4 cm³/mol. The number of amides is 1. The Morgan fingerprint density at radius 3 is 2.64 bits per heavy atom. The molecule has 5 heteroatoms. The summed E-state index contributed by atoms with van der Waals surface area (Å²) in [4.78, 5) is 12.6. The van der Waals surface area contributed by atoms with E-state index < -0.39 is 0 Å². The number of aromatic nitrogens is 1. The highest BCUT2D eigenvalue weighted by Gasteiger charge is 2.16. The third-order valence-electron chi connectivity index (χ3n) is 4.21. The van der Waals surface area contributed by atoms with Crippen LogP contribution in [0.25, 0.3) is 0 Å². The number of carbonyl (C=O) groups excluding carboxylic acids is 1. The van der Waals surface area contributed by atoms with E-state index in [1.165, 1.54) is 0 Å². The van der Waals surface area contributed by atoms with Crippen LogP contribution in [0.1, 0.15) is 33.1 Å². The summed E-state index contributed by atoms with van der Waals surface area (Å²) in [6, 6.07) is 15.1. The van der Waals surface area contributed by atoms with Gasteiger partial charge in [0.05, 0.1) is 30.9 Å². The molecule has 0 aliphatic carbocycles. The van der Waals surface area contributed by atoms with Gasteiger partial charge in [-0.1, -0.05) is 12.1 Å². The maximum Gasteiger partial charge on any atom is 0.257 e. The van der Waals surface area contributed by atoms with E-state index >= 15 is 0 Å². The van der Waals surface area contributed by atoms with Crippen LogP contribution in [-0.4, -0.2) is 10.5 Å². The van der Waals surface area contributed by atoms with Gasteiger partial charge < -0.3 is 14.3 Å². The fourth-order valence-corrected chi connectivity index (χ4v) is 2.83. The molecule has 1 amide bonds. The van der Waals surface area contributed by atoms with E-state index in [1.807, 2.05) is 56.3 Å². The SMILES string of the molecule is Cc1cc(C(=O)Nc2ccc(CC#N)cc2)c(C)n1Cc1ccco1. The lowest BCUT2D eigenvalue weighted by molar-refractivity contribution is 0.102. The standard InChI is InChI=1S/C20H19N3O2/c1-14-12-19(15(2)23(14)13-18-4-3-11-25-18)20(24)22-17-7-5-16(6-8-17)9-10-21/h3-8,11-12H,9,13H2,1-2H3,(H,22,24). The summed E-state index contributed by atoms with van der Waals surface area (Å²) in [6.07, 6.45) is 2.01. The highest BCUT2D eigenvalue weighted by Crippen LogP contribution is 2.19. The molecule has 0 bridgehead atoms. The van der Waals surface area contributed by atoms with Crippen LogP contribution >= 0.6 is 0 Å². The molecule has 0 saturated carbocycles. The molecule has 1 N–H and O–H groups in total. The van der Waals surface area contributed by atoms with Gasteiger partial charge in [-0.2, -0.15) is 5.26 Å². The van der Waals surface area contributed by atoms with Crippen molar-refractivity contribution in [1.29, 1.82) is 5.26 Å². The maximum atomic E-state index is 12.6. The fourth-order valence-electron chi connectivity index (χ4n) is 2.83. The molecule has 0 saturated heterocycles. The zero-order valence-corrected chi connectivity index (χ0v) is 14.2. The van der Waals surface area contributed by atoms with Crippen LogP contribution in [-0.2, 0) is 13.0 Å². The van der Waals surface area contributed by atoms with Crippen molar-refractivity contribution in [3.63, 3.8) is 0 Å². The molecule has 3 rings (SSSR count). The minimum Gasteiger partial charge on any atom is -0.467 e. The molecular formula is C20H19N3O2. The Balaban J connectivity index is 1.77. The van der Waals surface area contributed by atoms with Crippen molar-refractivity contribution in [2.24, 2.45) is 0 Å². The fraction of sp³-hybridized carbons (Fsp3) is 0.200. The Morgan fingerprint density at radius 2 is 2.00 bits per heavy atom. The van der Waals surface area contributed by atoms with Crippen molar-refractivity contribution in [2.45, 2.75) is 26.8 Å². The zero-order valence-electron chi connectivity index (χ0n) is 14.2. The van der Waals surface area contributed by atoms with E-state index in [9.17, 15) is 4.79 Å². The summed E-state index contributed by atoms with van der Waals surface area (Å²) in [5, 5.41) is 11.6. The van der Waals surface area contributed by atoms with E-state index in [0.717, 1.165) is 22.7 Å². The number of nitriles is 1. The highest BCUT2D eigenvalue weighted by atomic mass is 16.3. The van der Waals surface area contributed by atoms with Gasteiger partial charge in [0.15, 0.2) is 0 Å². The van der Waals surface area contributed by atoms with E-state index in [-0.39, 0.29) is 5.91 Å². The van der Waals surface area contributed by atoms with E-state index in [4.69, 9.17) is 9.68 Å². The van der Waals surface area contributed by atoms with Crippen molar-refractivity contribution < 1.29 is 9.21 Å². The predicted octanol–water partition coefficient (Wildman–Crippen LogP) is 4.06. The Hall–Kier alpha value is -3.26. The van der Waals surface area contributed by atoms with Gasteiger partial charge >= 0.3 is 0 Å². The first-order valence-electron chi connectivity index (χ1n) is 8.05. The molecule has 25 heavy (non-hydrogen) atoms. The van der Waals surface area contributed by atoms with Crippen LogP contribution in [0.2, 0.25) is 0 Å². The van der Waals surface area contributed by atoms with Crippen molar-refractivity contribution in [3.8, 4) is 6.07 Å². The van der Waals surface area contributed by atoms with Gasteiger partial charge in [0, 0.05) is 17.1 Å². The topological polar surface area (TPSA) is 71.0 Å². The Labute approximate surface area is 146 Å². The van der Waals surface area contributed by atoms with Crippen LogP contribution in [0, 0.1) is 25.2 Å². The highest BCUT2D eigenvalue weighted by molar-refractivity contribution is 6.05. The van der Waals surface area contributed by atoms with Crippen LogP contribution in [0.15, 0.2) is 53.1 Å². The van der Waals surface area contributed by atoms with Crippen LogP contribution < -0.4 is 5.32 Å². The van der Waals surface area contributed by atoms with Gasteiger partial charge in [0.25, 0.3) is 5.91 Å². The average molecular weight is 333 g/mol. The van der Waals surface area contributed by atoms with Gasteiger partial charge in [-0.25, -0.2) is 0 Å². The second-order valence-corrected chi connectivity index (χ2v) is 5.94. The average Bonchev–Trinajstić information content (AvgIpc) is 3.20. The van der Waals surface area contributed by atoms with Crippen LogP contribution in [0.3, 0.4) is 0 Å². The van der Waals surface area contributed by atoms with Crippen molar-refractivity contribution >= 4 is 11.6 Å². The van der Waals surface area contributed by atoms with Crippen molar-refractivity contribution in [1.82, 2.24) is 4.57 Å². The van der Waals surface area contributed by atoms with Crippen molar-refractivity contribution in [2.75, 3.05) is 5.32 Å². The molecule has 0 unspecified atom stereocenters. The molecule has 0 fully saturated rings. The first kappa shape index (κ1) is 16.6. The summed E-state index contributed by atoms with van der Waals surface area (Å²) in [5.41, 5.74) is 4.18. The Bertz CT molecular complexity index is 913. The molecule has 3 aromatic rings. The number of benzene rings is 1. The smallest absolute Gasteiger partial charge is 0.257 e. The van der Waals surface area contributed by atoms with E-state index in [1.54, 1.807) is 6.26 Å². The molecule has 0 aliphatic heterocycles. The minimum atomic E-state index is -0.146. The van der Waals surface area contributed by atoms with Gasteiger partial charge in [0.1, 0.15) is 5.76 Å². The number of hydrogen-bond acceptors (Lipinski definition) is 3. The number of anilines is 1. The number of nitrogens with one attached hydrogen (secondary N) is 1. The van der Waals surface area contributed by atoms with Gasteiger partial charge in [0.2, 0.25) is 0 Å². The Morgan fingerprint density at radius 1 is 1.24 bits per heavy atom. The largest absolute Gasteiger partial charge is 0.467 e. The third-order valence-corrected chi connectivity index (χ3v) is 4.21. The first-order valence-corrected chi connectivity index (χ1v) is 8.05. The summed E-state index contributed by atoms with van der Waals surface area (Å²) in [5.74, 6) is 0.702. The second kappa shape index (κ2) is 7.10. The third kappa shape index (κ3) is 3.64. The summed E-state index contributed by atoms with van der Waals surface area (Å²) in [6.45, 7) is 4.51. The summed E-state index contributed by atoms with van der Waals surface area (Å²) < 4.78 is 7.46. The number of aryl methyl sites for hydroxylation is 1. The monoisotopic (exact) mass is 333 g/mol. The minimum absolute atomic E-state index is 0.146. The molecule has 0 radical (unpaired) electrons. The zero-order chi connectivity index (χ0) is 17.8. The number of furan rings is 1. The first-order chi connectivity index (χ1) is 12.1. The van der Waals surface area contributed by atoms with E-state index in [0.29, 0.717) is 24.2 Å². The lowest BCUT2D eigenvalue weighted by Crippen LogP contribution is -2.13.